The molecular formula is C17H17NO3S. The molecule has 1 aromatic carbocycles. The van der Waals surface area contributed by atoms with Gasteiger partial charge in [0.1, 0.15) is 0 Å². The van der Waals surface area contributed by atoms with Crippen LogP contribution >= 0.6 is 11.3 Å². The Kier molecular flexibility index (Phi) is 3.74. The number of carboxylic acid groups (broad SMARTS) is 1. The second kappa shape index (κ2) is 5.57. The molecule has 1 amide bonds. The molecule has 1 N–H and O–H groups in total. The molecule has 1 aromatic heterocycles. The van der Waals surface area contributed by atoms with Crippen molar-refractivity contribution in [1.82, 2.24) is 4.90 Å². The van der Waals surface area contributed by atoms with Gasteiger partial charge in [-0.15, -0.1) is 11.3 Å². The van der Waals surface area contributed by atoms with Gasteiger partial charge in [-0.05, 0) is 61.0 Å². The minimum Gasteiger partial charge on any atom is -0.478 e. The minimum atomic E-state index is -1.01. The summed E-state index contributed by atoms with van der Waals surface area (Å²) in [5.74, 6) is -1.11. The molecule has 1 atom stereocenters. The van der Waals surface area contributed by atoms with Gasteiger partial charge < -0.3 is 10.0 Å². The van der Waals surface area contributed by atoms with Crippen molar-refractivity contribution in [3.05, 3.63) is 56.8 Å². The molecule has 0 aliphatic carbocycles. The fourth-order valence-corrected chi connectivity index (χ4v) is 3.95. The number of hydrogen-bond donors (Lipinski definition) is 1. The molecule has 0 bridgehead atoms. The van der Waals surface area contributed by atoms with Gasteiger partial charge in [0.2, 0.25) is 0 Å². The number of amides is 1. The Morgan fingerprint density at radius 3 is 2.73 bits per heavy atom. The highest BCUT2D eigenvalue weighted by Crippen LogP contribution is 2.33. The first-order chi connectivity index (χ1) is 10.5. The van der Waals surface area contributed by atoms with Gasteiger partial charge in [-0.3, -0.25) is 4.79 Å². The lowest BCUT2D eigenvalue weighted by Gasteiger charge is -2.33. The van der Waals surface area contributed by atoms with E-state index in [9.17, 15) is 9.59 Å². The molecule has 114 valence electrons. The maximum atomic E-state index is 12.8. The Morgan fingerprint density at radius 1 is 1.27 bits per heavy atom. The number of thiophene rings is 1. The van der Waals surface area contributed by atoms with Crippen LogP contribution in [-0.2, 0) is 6.42 Å². The van der Waals surface area contributed by atoms with Crippen LogP contribution in [0.5, 0.6) is 0 Å². The third-order valence-electron chi connectivity index (χ3n) is 4.11. The number of benzene rings is 1. The van der Waals surface area contributed by atoms with Crippen LogP contribution in [-0.4, -0.2) is 28.4 Å². The summed E-state index contributed by atoms with van der Waals surface area (Å²) in [6, 6.07) is 6.90. The highest BCUT2D eigenvalue weighted by molar-refractivity contribution is 7.10. The topological polar surface area (TPSA) is 57.6 Å². The summed E-state index contributed by atoms with van der Waals surface area (Å²) < 4.78 is 0. The third-order valence-corrected chi connectivity index (χ3v) is 5.11. The average Bonchev–Trinajstić information content (AvgIpc) is 2.95. The predicted octanol–water partition coefficient (Wildman–Crippen LogP) is 3.51. The summed E-state index contributed by atoms with van der Waals surface area (Å²) in [5.41, 5.74) is 2.59. The average molecular weight is 315 g/mol. The van der Waals surface area contributed by atoms with Crippen molar-refractivity contribution in [1.29, 1.82) is 0 Å². The maximum absolute atomic E-state index is 12.8. The molecular weight excluding hydrogens is 298 g/mol. The molecule has 1 aliphatic heterocycles. The van der Waals surface area contributed by atoms with Crippen LogP contribution in [0.15, 0.2) is 29.6 Å². The number of rotatable bonds is 2. The van der Waals surface area contributed by atoms with Crippen LogP contribution in [0.25, 0.3) is 0 Å². The number of carboxylic acids is 1. The van der Waals surface area contributed by atoms with Crippen LogP contribution in [0.1, 0.15) is 49.7 Å². The fraction of sp³-hybridized carbons (Fsp3) is 0.294. The molecule has 1 unspecified atom stereocenters. The van der Waals surface area contributed by atoms with E-state index < -0.39 is 5.97 Å². The van der Waals surface area contributed by atoms with Gasteiger partial charge in [-0.25, -0.2) is 4.79 Å². The zero-order valence-corrected chi connectivity index (χ0v) is 13.3. The molecule has 0 fully saturated rings. The summed E-state index contributed by atoms with van der Waals surface area (Å²) in [5, 5.41) is 11.2. The Morgan fingerprint density at radius 2 is 2.00 bits per heavy atom. The third kappa shape index (κ3) is 2.52. The fourth-order valence-electron chi connectivity index (χ4n) is 2.98. The van der Waals surface area contributed by atoms with E-state index in [1.807, 2.05) is 11.8 Å². The second-order valence-corrected chi connectivity index (χ2v) is 6.62. The molecule has 3 rings (SSSR count). The number of fused-ring (bicyclic) bond motifs is 1. The molecule has 0 spiro atoms. The van der Waals surface area contributed by atoms with Gasteiger partial charge in [-0.2, -0.15) is 0 Å². The van der Waals surface area contributed by atoms with E-state index in [-0.39, 0.29) is 17.5 Å². The number of carbonyl (C=O) groups excluding carboxylic acids is 1. The molecule has 1 aliphatic rings. The van der Waals surface area contributed by atoms with Crippen LogP contribution in [0.2, 0.25) is 0 Å². The highest BCUT2D eigenvalue weighted by atomic mass is 32.1. The van der Waals surface area contributed by atoms with Crippen molar-refractivity contribution in [3.8, 4) is 0 Å². The summed E-state index contributed by atoms with van der Waals surface area (Å²) >= 11 is 1.73. The number of carbonyl (C=O) groups is 2. The van der Waals surface area contributed by atoms with Gasteiger partial charge in [0, 0.05) is 17.0 Å². The summed E-state index contributed by atoms with van der Waals surface area (Å²) in [6.45, 7) is 4.50. The molecule has 0 saturated carbocycles. The van der Waals surface area contributed by atoms with Crippen molar-refractivity contribution in [2.45, 2.75) is 26.3 Å². The van der Waals surface area contributed by atoms with Gasteiger partial charge in [0.15, 0.2) is 0 Å². The number of aromatic carboxylic acids is 1. The highest BCUT2D eigenvalue weighted by Gasteiger charge is 2.29. The SMILES string of the molecule is Cc1cc(C(=O)O)cc(C(=O)N2CCc3sccc3C2C)c1. The van der Waals surface area contributed by atoms with E-state index in [2.05, 4.69) is 11.4 Å². The van der Waals surface area contributed by atoms with Crippen molar-refractivity contribution >= 4 is 23.2 Å². The quantitative estimate of drug-likeness (QED) is 0.922. The van der Waals surface area contributed by atoms with Crippen LogP contribution in [0.3, 0.4) is 0 Å². The minimum absolute atomic E-state index is 0.0243. The first-order valence-electron chi connectivity index (χ1n) is 7.19. The van der Waals surface area contributed by atoms with Gasteiger partial charge in [0.25, 0.3) is 5.91 Å². The molecule has 0 radical (unpaired) electrons. The van der Waals surface area contributed by atoms with Crippen LogP contribution < -0.4 is 0 Å². The zero-order chi connectivity index (χ0) is 15.9. The first kappa shape index (κ1) is 14.8. The van der Waals surface area contributed by atoms with Crippen LogP contribution in [0, 0.1) is 6.92 Å². The number of nitrogens with zero attached hydrogens (tertiary/aromatic N) is 1. The molecule has 5 heteroatoms. The maximum Gasteiger partial charge on any atom is 0.335 e. The first-order valence-corrected chi connectivity index (χ1v) is 8.07. The number of aryl methyl sites for hydroxylation is 1. The van der Waals surface area contributed by atoms with Crippen molar-refractivity contribution in [3.63, 3.8) is 0 Å². The van der Waals surface area contributed by atoms with E-state index in [4.69, 9.17) is 5.11 Å². The summed E-state index contributed by atoms with van der Waals surface area (Å²) in [4.78, 5) is 27.1. The normalized spacial score (nSPS) is 17.2. The Bertz CT molecular complexity index is 750. The van der Waals surface area contributed by atoms with Crippen LogP contribution in [0.4, 0.5) is 0 Å². The number of hydrogen-bond acceptors (Lipinski definition) is 3. The van der Waals surface area contributed by atoms with E-state index >= 15 is 0 Å². The second-order valence-electron chi connectivity index (χ2n) is 5.62. The van der Waals surface area contributed by atoms with Gasteiger partial charge >= 0.3 is 5.97 Å². The van der Waals surface area contributed by atoms with E-state index in [1.165, 1.54) is 16.5 Å². The lowest BCUT2D eigenvalue weighted by molar-refractivity contribution is 0.0679. The van der Waals surface area contributed by atoms with Crippen molar-refractivity contribution in [2.24, 2.45) is 0 Å². The molecule has 2 heterocycles. The Hall–Kier alpha value is -2.14. The van der Waals surface area contributed by atoms with Crippen molar-refractivity contribution < 1.29 is 14.7 Å². The molecule has 22 heavy (non-hydrogen) atoms. The van der Waals surface area contributed by atoms with E-state index in [0.717, 1.165) is 12.0 Å². The standard InChI is InChI=1S/C17H17NO3S/c1-10-7-12(9-13(8-10)17(20)21)16(19)18-5-3-15-14(11(18)2)4-6-22-15/h4,6-9,11H,3,5H2,1-2H3,(H,20,21). The molecule has 0 saturated heterocycles. The summed E-state index contributed by atoms with van der Waals surface area (Å²) in [6.07, 6.45) is 0.862. The van der Waals surface area contributed by atoms with Gasteiger partial charge in [0.05, 0.1) is 11.6 Å². The Balaban J connectivity index is 1.93. The van der Waals surface area contributed by atoms with Gasteiger partial charge in [-0.1, -0.05) is 0 Å². The molecule has 2 aromatic rings. The molecule has 4 nitrogen and oxygen atoms in total. The lowest BCUT2D eigenvalue weighted by Crippen LogP contribution is -2.38. The largest absolute Gasteiger partial charge is 0.478 e. The van der Waals surface area contributed by atoms with Crippen molar-refractivity contribution in [2.75, 3.05) is 6.54 Å². The van der Waals surface area contributed by atoms with E-state index in [0.29, 0.717) is 12.1 Å². The summed E-state index contributed by atoms with van der Waals surface area (Å²) in [7, 11) is 0. The van der Waals surface area contributed by atoms with E-state index in [1.54, 1.807) is 30.4 Å². The predicted molar refractivity (Wildman–Crippen MR) is 85.6 cm³/mol. The Labute approximate surface area is 133 Å². The monoisotopic (exact) mass is 315 g/mol. The zero-order valence-electron chi connectivity index (χ0n) is 12.5. The lowest BCUT2D eigenvalue weighted by atomic mass is 9.99. The smallest absolute Gasteiger partial charge is 0.335 e.